The zero-order valence-electron chi connectivity index (χ0n) is 13.8. The van der Waals surface area contributed by atoms with E-state index in [9.17, 15) is 9.59 Å². The first-order chi connectivity index (χ1) is 9.57. The van der Waals surface area contributed by atoms with Crippen molar-refractivity contribution in [2.24, 2.45) is 5.92 Å². The second-order valence-corrected chi connectivity index (χ2v) is 6.32. The topological polar surface area (TPSA) is 77.3 Å². The first kappa shape index (κ1) is 17.1. The van der Waals surface area contributed by atoms with Gasteiger partial charge in [0, 0.05) is 25.9 Å². The molecule has 0 bridgehead atoms. The maximum absolute atomic E-state index is 12.2. The summed E-state index contributed by atoms with van der Waals surface area (Å²) >= 11 is 0. The minimum absolute atomic E-state index is 0.277. The Morgan fingerprint density at radius 3 is 2.33 bits per heavy atom. The Morgan fingerprint density at radius 2 is 1.90 bits per heavy atom. The molecule has 118 valence electrons. The summed E-state index contributed by atoms with van der Waals surface area (Å²) in [6, 6.07) is -0.287. The normalized spacial score (nSPS) is 12.9. The first-order valence-corrected chi connectivity index (χ1v) is 6.83. The predicted molar refractivity (Wildman–Crippen MR) is 78.1 cm³/mol. The molecule has 0 N–H and O–H groups in total. The summed E-state index contributed by atoms with van der Waals surface area (Å²) in [7, 11) is 4.64. The van der Waals surface area contributed by atoms with Crippen molar-refractivity contribution in [3.8, 4) is 0 Å². The summed E-state index contributed by atoms with van der Waals surface area (Å²) in [6.45, 7) is 7.66. The Labute approximate surface area is 125 Å². The fraction of sp³-hybridized carbons (Fsp3) is 0.714. The first-order valence-electron chi connectivity index (χ1n) is 6.83. The van der Waals surface area contributed by atoms with Crippen LogP contribution in [0.1, 0.15) is 39.3 Å². The number of amides is 1. The number of ether oxygens (including phenoxy) is 1. The van der Waals surface area contributed by atoms with Crippen LogP contribution in [0.5, 0.6) is 0 Å². The van der Waals surface area contributed by atoms with Crippen LogP contribution in [0.2, 0.25) is 0 Å². The molecule has 0 spiro atoms. The van der Waals surface area contributed by atoms with Gasteiger partial charge in [-0.3, -0.25) is 4.79 Å². The molecule has 0 saturated heterocycles. The van der Waals surface area contributed by atoms with Gasteiger partial charge in [0.15, 0.2) is 5.82 Å². The predicted octanol–water partition coefficient (Wildman–Crippen LogP) is 1.46. The number of carbonyl (C=O) groups excluding carboxylic acids is 2. The van der Waals surface area contributed by atoms with Gasteiger partial charge in [0.05, 0.1) is 13.0 Å². The minimum Gasteiger partial charge on any atom is -0.469 e. The zero-order valence-corrected chi connectivity index (χ0v) is 13.8. The molecule has 1 amide bonds. The van der Waals surface area contributed by atoms with Gasteiger partial charge in [-0.15, -0.1) is 5.10 Å². The van der Waals surface area contributed by atoms with E-state index in [4.69, 9.17) is 4.74 Å². The molecular formula is C14H24N4O3. The Kier molecular flexibility index (Phi) is 5.09. The number of nitrogens with zero attached hydrogens (tertiary/aromatic N) is 4. The molecule has 0 fully saturated rings. The molecule has 0 aliphatic heterocycles. The van der Waals surface area contributed by atoms with E-state index in [0.29, 0.717) is 18.1 Å². The third-order valence-corrected chi connectivity index (χ3v) is 3.00. The summed E-state index contributed by atoms with van der Waals surface area (Å²) in [6.07, 6.45) is 0.301. The van der Waals surface area contributed by atoms with Gasteiger partial charge in [-0.25, -0.2) is 9.78 Å². The van der Waals surface area contributed by atoms with Crippen molar-refractivity contribution in [3.63, 3.8) is 0 Å². The van der Waals surface area contributed by atoms with E-state index >= 15 is 0 Å². The van der Waals surface area contributed by atoms with Gasteiger partial charge in [0.1, 0.15) is 5.82 Å². The van der Waals surface area contributed by atoms with E-state index in [-0.39, 0.29) is 23.3 Å². The van der Waals surface area contributed by atoms with Crippen molar-refractivity contribution in [1.29, 1.82) is 0 Å². The van der Waals surface area contributed by atoms with E-state index < -0.39 is 0 Å². The molecule has 7 heteroatoms. The van der Waals surface area contributed by atoms with Crippen LogP contribution < -0.4 is 0 Å². The molecule has 7 nitrogen and oxygen atoms in total. The van der Waals surface area contributed by atoms with Crippen LogP contribution in [-0.2, 0) is 21.4 Å². The summed E-state index contributed by atoms with van der Waals surface area (Å²) in [5.41, 5.74) is -0.277. The Morgan fingerprint density at radius 1 is 1.33 bits per heavy atom. The Hall–Kier alpha value is -1.92. The SMILES string of the molecule is COC(=O)C(C)Cc1nc(C(C)(C)C)nn1C(=O)N(C)C. The van der Waals surface area contributed by atoms with Crippen LogP contribution in [0, 0.1) is 5.92 Å². The van der Waals surface area contributed by atoms with Crippen molar-refractivity contribution in [2.45, 2.75) is 39.5 Å². The molecule has 0 aromatic carbocycles. The molecule has 21 heavy (non-hydrogen) atoms. The van der Waals surface area contributed by atoms with Crippen LogP contribution in [0.3, 0.4) is 0 Å². The quantitative estimate of drug-likeness (QED) is 0.789. The lowest BCUT2D eigenvalue weighted by Gasteiger charge is -2.13. The van der Waals surface area contributed by atoms with Gasteiger partial charge >= 0.3 is 12.0 Å². The average molecular weight is 296 g/mol. The van der Waals surface area contributed by atoms with Crippen molar-refractivity contribution in [1.82, 2.24) is 19.7 Å². The van der Waals surface area contributed by atoms with Gasteiger partial charge in [-0.2, -0.15) is 4.68 Å². The maximum atomic E-state index is 12.2. The van der Waals surface area contributed by atoms with Crippen molar-refractivity contribution >= 4 is 12.0 Å². The molecule has 0 saturated carbocycles. The molecule has 1 unspecified atom stereocenters. The maximum Gasteiger partial charge on any atom is 0.345 e. The van der Waals surface area contributed by atoms with Crippen LogP contribution in [0.15, 0.2) is 0 Å². The molecule has 1 aromatic heterocycles. The summed E-state index contributed by atoms with van der Waals surface area (Å²) < 4.78 is 5.98. The third-order valence-electron chi connectivity index (χ3n) is 3.00. The number of esters is 1. The zero-order chi connectivity index (χ0) is 16.4. The highest BCUT2D eigenvalue weighted by Crippen LogP contribution is 2.20. The molecule has 1 atom stereocenters. The lowest BCUT2D eigenvalue weighted by atomic mass is 9.96. The number of hydrogen-bond acceptors (Lipinski definition) is 5. The molecule has 1 aromatic rings. The number of methoxy groups -OCH3 is 1. The van der Waals surface area contributed by atoms with Crippen molar-refractivity contribution in [2.75, 3.05) is 21.2 Å². The Balaban J connectivity index is 3.19. The summed E-state index contributed by atoms with van der Waals surface area (Å²) in [4.78, 5) is 29.6. The van der Waals surface area contributed by atoms with Gasteiger partial charge < -0.3 is 9.64 Å². The highest BCUT2D eigenvalue weighted by molar-refractivity contribution is 5.76. The number of aromatic nitrogens is 3. The van der Waals surface area contributed by atoms with Crippen LogP contribution in [0.4, 0.5) is 4.79 Å². The van der Waals surface area contributed by atoms with Crippen molar-refractivity contribution < 1.29 is 14.3 Å². The monoisotopic (exact) mass is 296 g/mol. The van der Waals surface area contributed by atoms with E-state index in [1.54, 1.807) is 21.0 Å². The lowest BCUT2D eigenvalue weighted by Crippen LogP contribution is -2.31. The molecule has 0 aliphatic carbocycles. The lowest BCUT2D eigenvalue weighted by molar-refractivity contribution is -0.144. The fourth-order valence-corrected chi connectivity index (χ4v) is 1.70. The number of rotatable bonds is 3. The van der Waals surface area contributed by atoms with E-state index in [0.717, 1.165) is 0 Å². The molecule has 1 heterocycles. The standard InChI is InChI=1S/C14H24N4O3/c1-9(11(19)21-7)8-10-15-12(14(2,3)4)16-18(10)13(20)17(5)6/h9H,8H2,1-7H3. The summed E-state index contributed by atoms with van der Waals surface area (Å²) in [5.74, 6) is 0.321. The highest BCUT2D eigenvalue weighted by Gasteiger charge is 2.27. The van der Waals surface area contributed by atoms with E-state index in [1.807, 2.05) is 20.8 Å². The highest BCUT2D eigenvalue weighted by atomic mass is 16.5. The van der Waals surface area contributed by atoms with Crippen LogP contribution in [-0.4, -0.2) is 52.9 Å². The Bertz CT molecular complexity index is 529. The largest absolute Gasteiger partial charge is 0.469 e. The number of hydrogen-bond donors (Lipinski definition) is 0. The molecule has 0 aliphatic rings. The van der Waals surface area contributed by atoms with Gasteiger partial charge in [0.2, 0.25) is 0 Å². The van der Waals surface area contributed by atoms with Gasteiger partial charge in [-0.05, 0) is 0 Å². The second kappa shape index (κ2) is 6.24. The molecule has 1 rings (SSSR count). The minimum atomic E-state index is -0.388. The smallest absolute Gasteiger partial charge is 0.345 e. The van der Waals surface area contributed by atoms with Gasteiger partial charge in [-0.1, -0.05) is 27.7 Å². The van der Waals surface area contributed by atoms with E-state index in [2.05, 4.69) is 10.1 Å². The van der Waals surface area contributed by atoms with Crippen LogP contribution in [0.25, 0.3) is 0 Å². The number of carbonyl (C=O) groups is 2. The average Bonchev–Trinajstić information content (AvgIpc) is 2.80. The second-order valence-electron chi connectivity index (χ2n) is 6.32. The van der Waals surface area contributed by atoms with Gasteiger partial charge in [0.25, 0.3) is 0 Å². The molecule has 0 radical (unpaired) electrons. The van der Waals surface area contributed by atoms with E-state index in [1.165, 1.54) is 16.7 Å². The summed E-state index contributed by atoms with van der Waals surface area (Å²) in [5, 5.41) is 4.30. The fourth-order valence-electron chi connectivity index (χ4n) is 1.70. The molecular weight excluding hydrogens is 272 g/mol. The van der Waals surface area contributed by atoms with Crippen LogP contribution >= 0.6 is 0 Å². The van der Waals surface area contributed by atoms with Crippen molar-refractivity contribution in [3.05, 3.63) is 11.6 Å². The third kappa shape index (κ3) is 4.03.